The summed E-state index contributed by atoms with van der Waals surface area (Å²) in [7, 11) is -1.23. The molecule has 0 aliphatic heterocycles. The molecule has 3 nitrogen and oxygen atoms in total. The predicted octanol–water partition coefficient (Wildman–Crippen LogP) is 3.34. The standard InChI is InChI=1S/C14H23FO3Si/c1-11(2)17-19(16-5,18-12(3)4)10-13-7-6-8-14(15)9-13/h6-9,11-12H,10H2,1-5H3. The first kappa shape index (κ1) is 16.3. The minimum Gasteiger partial charge on any atom is -0.377 e. The lowest BCUT2D eigenvalue weighted by molar-refractivity contribution is 0.0319. The van der Waals surface area contributed by atoms with Gasteiger partial charge in [-0.1, -0.05) is 12.1 Å². The Bertz CT molecular complexity index is 386. The number of halogens is 1. The van der Waals surface area contributed by atoms with Gasteiger partial charge in [-0.25, -0.2) is 4.39 Å². The zero-order chi connectivity index (χ0) is 14.5. The van der Waals surface area contributed by atoms with Gasteiger partial charge in [-0.15, -0.1) is 0 Å². The number of hydrogen-bond donors (Lipinski definition) is 0. The van der Waals surface area contributed by atoms with Crippen LogP contribution in [-0.4, -0.2) is 28.1 Å². The van der Waals surface area contributed by atoms with Gasteiger partial charge in [0.2, 0.25) is 0 Å². The first-order chi connectivity index (χ1) is 8.87. The second-order valence-electron chi connectivity index (χ2n) is 5.03. The number of rotatable bonds is 7. The Hall–Kier alpha value is -0.753. The molecule has 0 fully saturated rings. The Morgan fingerprint density at radius 1 is 1.11 bits per heavy atom. The van der Waals surface area contributed by atoms with Crippen molar-refractivity contribution in [2.45, 2.75) is 45.9 Å². The lowest BCUT2D eigenvalue weighted by Crippen LogP contribution is -2.50. The quantitative estimate of drug-likeness (QED) is 0.720. The van der Waals surface area contributed by atoms with Gasteiger partial charge in [0.25, 0.3) is 0 Å². The van der Waals surface area contributed by atoms with Crippen LogP contribution >= 0.6 is 0 Å². The van der Waals surface area contributed by atoms with E-state index in [1.54, 1.807) is 13.2 Å². The van der Waals surface area contributed by atoms with E-state index in [1.807, 2.05) is 33.8 Å². The highest BCUT2D eigenvalue weighted by Crippen LogP contribution is 2.20. The molecule has 0 unspecified atom stereocenters. The molecule has 5 heteroatoms. The first-order valence-electron chi connectivity index (χ1n) is 6.52. The van der Waals surface area contributed by atoms with Crippen LogP contribution < -0.4 is 0 Å². The maximum Gasteiger partial charge on any atom is 0.505 e. The third kappa shape index (κ3) is 5.40. The van der Waals surface area contributed by atoms with Crippen molar-refractivity contribution in [1.29, 1.82) is 0 Å². The van der Waals surface area contributed by atoms with Crippen LogP contribution in [-0.2, 0) is 19.3 Å². The molecule has 19 heavy (non-hydrogen) atoms. The van der Waals surface area contributed by atoms with Crippen molar-refractivity contribution in [3.63, 3.8) is 0 Å². The van der Waals surface area contributed by atoms with E-state index in [0.717, 1.165) is 5.56 Å². The third-order valence-electron chi connectivity index (χ3n) is 2.45. The van der Waals surface area contributed by atoms with Crippen molar-refractivity contribution in [2.24, 2.45) is 0 Å². The molecule has 0 N–H and O–H groups in total. The van der Waals surface area contributed by atoms with Crippen molar-refractivity contribution in [3.05, 3.63) is 35.6 Å². The Morgan fingerprint density at radius 2 is 1.68 bits per heavy atom. The molecule has 1 rings (SSSR count). The molecule has 1 aromatic rings. The number of hydrogen-bond acceptors (Lipinski definition) is 3. The summed E-state index contributed by atoms with van der Waals surface area (Å²) in [4.78, 5) is 0. The molecule has 0 spiro atoms. The summed E-state index contributed by atoms with van der Waals surface area (Å²) < 4.78 is 30.7. The average Bonchev–Trinajstić information content (AvgIpc) is 2.26. The summed E-state index contributed by atoms with van der Waals surface area (Å²) in [5, 5.41) is 0. The van der Waals surface area contributed by atoms with Gasteiger partial charge in [0.1, 0.15) is 5.82 Å². The maximum atomic E-state index is 13.3. The molecule has 0 aliphatic carbocycles. The van der Waals surface area contributed by atoms with E-state index < -0.39 is 8.80 Å². The molecule has 108 valence electrons. The van der Waals surface area contributed by atoms with Crippen LogP contribution in [0.4, 0.5) is 4.39 Å². The SMILES string of the molecule is CO[Si](Cc1cccc(F)c1)(OC(C)C)OC(C)C. The van der Waals surface area contributed by atoms with Crippen molar-refractivity contribution in [1.82, 2.24) is 0 Å². The number of benzene rings is 1. The Labute approximate surface area is 116 Å². The van der Waals surface area contributed by atoms with Gasteiger partial charge in [0.15, 0.2) is 0 Å². The van der Waals surface area contributed by atoms with Gasteiger partial charge < -0.3 is 13.3 Å². The zero-order valence-electron chi connectivity index (χ0n) is 12.3. The van der Waals surface area contributed by atoms with Crippen LogP contribution in [0.25, 0.3) is 0 Å². The highest BCUT2D eigenvalue weighted by Gasteiger charge is 2.42. The molecule has 0 saturated heterocycles. The normalized spacial score (nSPS) is 12.4. The molecule has 0 heterocycles. The van der Waals surface area contributed by atoms with E-state index in [4.69, 9.17) is 13.3 Å². The lowest BCUT2D eigenvalue weighted by atomic mass is 10.2. The van der Waals surface area contributed by atoms with E-state index in [0.29, 0.717) is 6.04 Å². The van der Waals surface area contributed by atoms with Crippen LogP contribution in [0.1, 0.15) is 33.3 Å². The molecule has 0 radical (unpaired) electrons. The molecular formula is C14H23FO3Si. The van der Waals surface area contributed by atoms with Crippen molar-refractivity contribution >= 4 is 8.80 Å². The molecule has 1 aromatic carbocycles. The molecule has 0 amide bonds. The maximum absolute atomic E-state index is 13.3. The van der Waals surface area contributed by atoms with Crippen LogP contribution in [0, 0.1) is 5.82 Å². The molecule has 0 aliphatic rings. The molecule has 0 aromatic heterocycles. The van der Waals surface area contributed by atoms with Crippen molar-refractivity contribution in [3.8, 4) is 0 Å². The Kier molecular flexibility index (Phi) is 6.13. The second kappa shape index (κ2) is 7.14. The summed E-state index contributed by atoms with van der Waals surface area (Å²) >= 11 is 0. The fraction of sp³-hybridized carbons (Fsp3) is 0.571. The lowest BCUT2D eigenvalue weighted by Gasteiger charge is -2.31. The van der Waals surface area contributed by atoms with E-state index in [-0.39, 0.29) is 18.0 Å². The van der Waals surface area contributed by atoms with E-state index in [1.165, 1.54) is 12.1 Å². The minimum absolute atomic E-state index is 0.000995. The van der Waals surface area contributed by atoms with Gasteiger partial charge in [-0.3, -0.25) is 0 Å². The van der Waals surface area contributed by atoms with Gasteiger partial charge in [0.05, 0.1) is 0 Å². The molecule has 0 saturated carbocycles. The largest absolute Gasteiger partial charge is 0.505 e. The summed E-state index contributed by atoms with van der Waals surface area (Å²) in [6.07, 6.45) is -0.00199. The molecule has 0 atom stereocenters. The van der Waals surface area contributed by atoms with Crippen molar-refractivity contribution in [2.75, 3.05) is 7.11 Å². The van der Waals surface area contributed by atoms with Gasteiger partial charge in [-0.05, 0) is 45.4 Å². The first-order valence-corrected chi connectivity index (χ1v) is 8.45. The smallest absolute Gasteiger partial charge is 0.377 e. The monoisotopic (exact) mass is 286 g/mol. The highest BCUT2D eigenvalue weighted by atomic mass is 28.4. The van der Waals surface area contributed by atoms with Gasteiger partial charge in [0, 0.05) is 25.4 Å². The fourth-order valence-corrected chi connectivity index (χ4v) is 4.61. The van der Waals surface area contributed by atoms with Crippen LogP contribution in [0.15, 0.2) is 24.3 Å². The summed E-state index contributed by atoms with van der Waals surface area (Å²) in [6.45, 7) is 7.76. The Morgan fingerprint density at radius 3 is 2.11 bits per heavy atom. The predicted molar refractivity (Wildman–Crippen MR) is 75.3 cm³/mol. The van der Waals surface area contributed by atoms with E-state index in [2.05, 4.69) is 0 Å². The van der Waals surface area contributed by atoms with Crippen LogP contribution in [0.3, 0.4) is 0 Å². The molecular weight excluding hydrogens is 263 g/mol. The third-order valence-corrected chi connectivity index (χ3v) is 5.58. The van der Waals surface area contributed by atoms with Gasteiger partial charge in [-0.2, -0.15) is 0 Å². The summed E-state index contributed by atoms with van der Waals surface area (Å²) in [6, 6.07) is 6.93. The highest BCUT2D eigenvalue weighted by molar-refractivity contribution is 6.60. The summed E-state index contributed by atoms with van der Waals surface area (Å²) in [5.41, 5.74) is 0.829. The molecule has 0 bridgehead atoms. The van der Waals surface area contributed by atoms with E-state index >= 15 is 0 Å². The average molecular weight is 286 g/mol. The second-order valence-corrected chi connectivity index (χ2v) is 7.63. The van der Waals surface area contributed by atoms with E-state index in [9.17, 15) is 4.39 Å². The van der Waals surface area contributed by atoms with Crippen LogP contribution in [0.2, 0.25) is 0 Å². The zero-order valence-corrected chi connectivity index (χ0v) is 13.3. The van der Waals surface area contributed by atoms with Gasteiger partial charge >= 0.3 is 8.80 Å². The fourth-order valence-electron chi connectivity index (χ4n) is 1.89. The van der Waals surface area contributed by atoms with Crippen LogP contribution in [0.5, 0.6) is 0 Å². The summed E-state index contributed by atoms with van der Waals surface area (Å²) in [5.74, 6) is -0.259. The van der Waals surface area contributed by atoms with Crippen molar-refractivity contribution < 1.29 is 17.7 Å². The Balaban J connectivity index is 2.94. The topological polar surface area (TPSA) is 27.7 Å². The minimum atomic E-state index is -2.83.